The number of nitrogens with zero attached hydrogens (tertiary/aromatic N) is 1. The van der Waals surface area contributed by atoms with E-state index in [-0.39, 0.29) is 5.90 Å². The number of hydrogen-bond acceptors (Lipinski definition) is 3. The zero-order chi connectivity index (χ0) is 7.61. The molecule has 0 aromatic carbocycles. The molecule has 4 nitrogen and oxygen atoms in total. The summed E-state index contributed by atoms with van der Waals surface area (Å²) in [5, 5.41) is 0. The van der Waals surface area contributed by atoms with Gasteiger partial charge in [0.25, 0.3) is 0 Å². The molecular formula is C4H4ClNO3S. The summed E-state index contributed by atoms with van der Waals surface area (Å²) in [6.07, 6.45) is 3.38. The van der Waals surface area contributed by atoms with Crippen LogP contribution in [0.4, 0.5) is 0 Å². The fourth-order valence-corrected chi connectivity index (χ4v) is 1.10. The second-order valence-electron chi connectivity index (χ2n) is 1.59. The van der Waals surface area contributed by atoms with Crippen LogP contribution >= 0.6 is 10.7 Å². The van der Waals surface area contributed by atoms with Crippen molar-refractivity contribution in [3.05, 3.63) is 12.3 Å². The first-order chi connectivity index (χ1) is 4.58. The van der Waals surface area contributed by atoms with Crippen LogP contribution in [0.15, 0.2) is 16.7 Å². The zero-order valence-corrected chi connectivity index (χ0v) is 6.39. The molecule has 56 valence electrons. The lowest BCUT2D eigenvalue weighted by Crippen LogP contribution is -1.96. The molecule has 0 saturated heterocycles. The maximum atomic E-state index is 10.3. The highest BCUT2D eigenvalue weighted by atomic mass is 35.7. The molecule has 10 heavy (non-hydrogen) atoms. The maximum absolute atomic E-state index is 10.3. The van der Waals surface area contributed by atoms with Crippen LogP contribution in [0.25, 0.3) is 0 Å². The first kappa shape index (κ1) is 7.56. The summed E-state index contributed by atoms with van der Waals surface area (Å²) in [7, 11) is 0.978. The summed E-state index contributed by atoms with van der Waals surface area (Å²) in [6.45, 7) is 0. The molecular weight excluding hydrogens is 178 g/mol. The third-order valence-corrected chi connectivity index (χ3v) is 1.43. The van der Waals surface area contributed by atoms with E-state index >= 15 is 0 Å². The van der Waals surface area contributed by atoms with Gasteiger partial charge in [0, 0.05) is 17.1 Å². The van der Waals surface area contributed by atoms with Crippen LogP contribution in [-0.2, 0) is 14.0 Å². The van der Waals surface area contributed by atoms with E-state index in [2.05, 4.69) is 9.13 Å². The lowest BCUT2D eigenvalue weighted by Gasteiger charge is -1.91. The minimum Gasteiger partial charge on any atom is -0.450 e. The third-order valence-electron chi connectivity index (χ3n) is 0.804. The monoisotopic (exact) mass is 181 g/mol. The van der Waals surface area contributed by atoms with Gasteiger partial charge in [0.15, 0.2) is 0 Å². The molecule has 1 heterocycles. The smallest absolute Gasteiger partial charge is 0.342 e. The van der Waals surface area contributed by atoms with E-state index in [4.69, 9.17) is 10.7 Å². The van der Waals surface area contributed by atoms with Gasteiger partial charge in [0.2, 0.25) is 5.90 Å². The quantitative estimate of drug-likeness (QED) is 0.563. The van der Waals surface area contributed by atoms with Crippen molar-refractivity contribution in [2.45, 2.75) is 6.42 Å². The van der Waals surface area contributed by atoms with E-state index in [0.717, 1.165) is 0 Å². The Kier molecular flexibility index (Phi) is 1.96. The van der Waals surface area contributed by atoms with Gasteiger partial charge in [-0.15, -0.1) is 4.40 Å². The van der Waals surface area contributed by atoms with E-state index in [1.807, 2.05) is 0 Å². The molecule has 0 N–H and O–H groups in total. The maximum Gasteiger partial charge on any atom is 0.342 e. The minimum atomic E-state index is -3.81. The highest BCUT2D eigenvalue weighted by Crippen LogP contribution is 2.06. The molecule has 0 amide bonds. The Morgan fingerprint density at radius 2 is 2.40 bits per heavy atom. The van der Waals surface area contributed by atoms with Crippen LogP contribution in [0.5, 0.6) is 0 Å². The van der Waals surface area contributed by atoms with Crippen LogP contribution in [0, 0.1) is 0 Å². The number of ether oxygens (including phenoxy) is 1. The normalized spacial score (nSPS) is 21.5. The van der Waals surface area contributed by atoms with Gasteiger partial charge in [-0.05, 0) is 6.08 Å². The van der Waals surface area contributed by atoms with E-state index in [0.29, 0.717) is 6.42 Å². The molecule has 1 rings (SSSR count). The standard InChI is InChI=1S/C4H4ClNO3S/c5-10(7,8)6-4-2-1-3-9-4/h1,3H,2H2/b6-4+. The van der Waals surface area contributed by atoms with Gasteiger partial charge >= 0.3 is 9.24 Å². The molecule has 0 saturated carbocycles. The van der Waals surface area contributed by atoms with Crippen molar-refractivity contribution in [2.75, 3.05) is 0 Å². The zero-order valence-electron chi connectivity index (χ0n) is 4.82. The average Bonchev–Trinajstić information content (AvgIpc) is 2.12. The Morgan fingerprint density at radius 1 is 1.70 bits per heavy atom. The van der Waals surface area contributed by atoms with E-state index < -0.39 is 9.24 Å². The Bertz CT molecular complexity index is 269. The second-order valence-corrected chi connectivity index (χ2v) is 3.77. The number of hydrogen-bond donors (Lipinski definition) is 0. The van der Waals surface area contributed by atoms with Crippen molar-refractivity contribution in [3.63, 3.8) is 0 Å². The van der Waals surface area contributed by atoms with Crippen molar-refractivity contribution >= 4 is 25.8 Å². The molecule has 0 radical (unpaired) electrons. The van der Waals surface area contributed by atoms with E-state index in [1.54, 1.807) is 6.08 Å². The van der Waals surface area contributed by atoms with Crippen LogP contribution < -0.4 is 0 Å². The van der Waals surface area contributed by atoms with Crippen molar-refractivity contribution in [1.82, 2.24) is 0 Å². The largest absolute Gasteiger partial charge is 0.450 e. The lowest BCUT2D eigenvalue weighted by atomic mass is 10.5. The Morgan fingerprint density at radius 3 is 2.80 bits per heavy atom. The highest BCUT2D eigenvalue weighted by Gasteiger charge is 2.08. The molecule has 1 aliphatic heterocycles. The molecule has 0 unspecified atom stereocenters. The lowest BCUT2D eigenvalue weighted by molar-refractivity contribution is 0.483. The van der Waals surface area contributed by atoms with Crippen molar-refractivity contribution in [3.8, 4) is 0 Å². The van der Waals surface area contributed by atoms with Gasteiger partial charge in [0.1, 0.15) is 0 Å². The number of rotatable bonds is 1. The first-order valence-corrected chi connectivity index (χ1v) is 4.70. The molecule has 1 aliphatic rings. The van der Waals surface area contributed by atoms with Gasteiger partial charge in [-0.25, -0.2) is 0 Å². The molecule has 0 aromatic heterocycles. The van der Waals surface area contributed by atoms with Crippen LogP contribution in [0.1, 0.15) is 6.42 Å². The number of halogens is 1. The molecule has 0 bridgehead atoms. The van der Waals surface area contributed by atoms with Gasteiger partial charge in [-0.1, -0.05) is 0 Å². The highest BCUT2D eigenvalue weighted by molar-refractivity contribution is 8.12. The summed E-state index contributed by atoms with van der Waals surface area (Å²) in [5.74, 6) is 0.106. The van der Waals surface area contributed by atoms with Crippen molar-refractivity contribution < 1.29 is 13.2 Å². The first-order valence-electron chi connectivity index (χ1n) is 2.43. The van der Waals surface area contributed by atoms with Gasteiger partial charge in [-0.2, -0.15) is 8.42 Å². The fourth-order valence-electron chi connectivity index (χ4n) is 0.504. The third kappa shape index (κ3) is 2.36. The van der Waals surface area contributed by atoms with Crippen LogP contribution in [0.3, 0.4) is 0 Å². The topological polar surface area (TPSA) is 55.7 Å². The van der Waals surface area contributed by atoms with Gasteiger partial charge < -0.3 is 4.74 Å². The van der Waals surface area contributed by atoms with Gasteiger partial charge in [0.05, 0.1) is 6.26 Å². The molecule has 6 heteroatoms. The molecule has 0 atom stereocenters. The van der Waals surface area contributed by atoms with Crippen LogP contribution in [0.2, 0.25) is 0 Å². The Balaban J connectivity index is 2.75. The van der Waals surface area contributed by atoms with Crippen molar-refractivity contribution in [1.29, 1.82) is 0 Å². The Labute approximate surface area is 62.7 Å². The fraction of sp³-hybridized carbons (Fsp3) is 0.250. The summed E-state index contributed by atoms with van der Waals surface area (Å²) < 4.78 is 28.2. The summed E-state index contributed by atoms with van der Waals surface area (Å²) in [6, 6.07) is 0. The summed E-state index contributed by atoms with van der Waals surface area (Å²) >= 11 is 0. The molecule has 0 aromatic rings. The van der Waals surface area contributed by atoms with Crippen molar-refractivity contribution in [2.24, 2.45) is 4.40 Å². The molecule has 0 spiro atoms. The second kappa shape index (κ2) is 2.59. The van der Waals surface area contributed by atoms with E-state index in [9.17, 15) is 8.42 Å². The average molecular weight is 182 g/mol. The summed E-state index contributed by atoms with van der Waals surface area (Å²) in [5.41, 5.74) is 0. The van der Waals surface area contributed by atoms with Crippen LogP contribution in [-0.4, -0.2) is 14.3 Å². The SMILES string of the molecule is O=S(=O)(Cl)/N=C1\CC=CO1. The minimum absolute atomic E-state index is 0.106. The Hall–Kier alpha value is -0.550. The van der Waals surface area contributed by atoms with Gasteiger partial charge in [-0.3, -0.25) is 0 Å². The summed E-state index contributed by atoms with van der Waals surface area (Å²) in [4.78, 5) is 0. The molecule has 0 aliphatic carbocycles. The predicted octanol–water partition coefficient (Wildman–Crippen LogP) is 0.803. The molecule has 0 fully saturated rings. The van der Waals surface area contributed by atoms with E-state index in [1.165, 1.54) is 6.26 Å². The predicted molar refractivity (Wildman–Crippen MR) is 37.0 cm³/mol.